The fraction of sp³-hybridized carbons (Fsp3) is 0.583. The Labute approximate surface area is 110 Å². The summed E-state index contributed by atoms with van der Waals surface area (Å²) in [6.45, 7) is 2.46. The maximum absolute atomic E-state index is 11.9. The van der Waals surface area contributed by atoms with Crippen LogP contribution in [0.25, 0.3) is 0 Å². The van der Waals surface area contributed by atoms with Crippen LogP contribution in [-0.2, 0) is 4.79 Å². The number of carbonyl (C=O) groups is 1. The highest BCUT2D eigenvalue weighted by atomic mass is 32.2. The zero-order chi connectivity index (χ0) is 12.1. The predicted molar refractivity (Wildman–Crippen MR) is 74.4 cm³/mol. The second kappa shape index (κ2) is 6.42. The molecule has 1 amide bonds. The van der Waals surface area contributed by atoms with Gasteiger partial charge in [0.05, 0.1) is 5.75 Å². The molecule has 1 saturated heterocycles. The van der Waals surface area contributed by atoms with Crippen LogP contribution in [0.5, 0.6) is 0 Å². The number of thioether (sulfide) groups is 1. The lowest BCUT2D eigenvalue weighted by atomic mass is 10.2. The minimum absolute atomic E-state index is 0.257. The summed E-state index contributed by atoms with van der Waals surface area (Å²) in [6.07, 6.45) is 2.31. The van der Waals surface area contributed by atoms with E-state index in [1.165, 1.54) is 5.56 Å². The summed E-state index contributed by atoms with van der Waals surface area (Å²) < 4.78 is 0. The Hall–Kier alpha value is -0.520. The van der Waals surface area contributed by atoms with Crippen molar-refractivity contribution in [3.63, 3.8) is 0 Å². The second-order valence-corrected chi connectivity index (χ2v) is 6.15. The van der Waals surface area contributed by atoms with Gasteiger partial charge in [0.1, 0.15) is 0 Å². The molecule has 1 aliphatic heterocycles. The second-order valence-electron chi connectivity index (χ2n) is 4.18. The van der Waals surface area contributed by atoms with Gasteiger partial charge in [0, 0.05) is 24.9 Å². The van der Waals surface area contributed by atoms with Crippen LogP contribution in [0.1, 0.15) is 23.7 Å². The Kier molecular flexibility index (Phi) is 4.88. The van der Waals surface area contributed by atoms with E-state index >= 15 is 0 Å². The largest absolute Gasteiger partial charge is 0.342 e. The van der Waals surface area contributed by atoms with Gasteiger partial charge in [0.25, 0.3) is 0 Å². The first kappa shape index (κ1) is 12.9. The van der Waals surface area contributed by atoms with Gasteiger partial charge in [-0.05, 0) is 35.2 Å². The molecule has 1 fully saturated rings. The standard InChI is InChI=1S/C12H18N2OS2/c13-7-11(10-3-6-16-8-10)17-9-12(15)14-4-1-2-5-14/h3,6,8,11H,1-2,4-5,7,9,13H2. The third kappa shape index (κ3) is 3.47. The first-order valence-corrected chi connectivity index (χ1v) is 7.92. The van der Waals surface area contributed by atoms with Crippen LogP contribution in [0, 0.1) is 0 Å². The number of hydrogen-bond acceptors (Lipinski definition) is 4. The van der Waals surface area contributed by atoms with Crippen molar-refractivity contribution in [1.29, 1.82) is 0 Å². The van der Waals surface area contributed by atoms with Gasteiger partial charge in [0.15, 0.2) is 0 Å². The molecule has 2 N–H and O–H groups in total. The average Bonchev–Trinajstić information content (AvgIpc) is 3.02. The number of rotatable bonds is 5. The molecular formula is C12H18N2OS2. The minimum Gasteiger partial charge on any atom is -0.342 e. The molecule has 2 rings (SSSR count). The number of likely N-dealkylation sites (tertiary alicyclic amines) is 1. The normalized spacial score (nSPS) is 17.4. The van der Waals surface area contributed by atoms with Crippen LogP contribution in [0.3, 0.4) is 0 Å². The summed E-state index contributed by atoms with van der Waals surface area (Å²) >= 11 is 3.34. The van der Waals surface area contributed by atoms with Crippen molar-refractivity contribution < 1.29 is 4.79 Å². The Balaban J connectivity index is 1.81. The van der Waals surface area contributed by atoms with Crippen LogP contribution in [0.4, 0.5) is 0 Å². The molecule has 0 spiro atoms. The van der Waals surface area contributed by atoms with E-state index in [9.17, 15) is 4.79 Å². The average molecular weight is 270 g/mol. The van der Waals surface area contributed by atoms with Crippen LogP contribution < -0.4 is 5.73 Å². The molecule has 1 aromatic heterocycles. The number of carbonyl (C=O) groups excluding carboxylic acids is 1. The van der Waals surface area contributed by atoms with Gasteiger partial charge in [-0.1, -0.05) is 0 Å². The molecule has 2 heterocycles. The Bertz CT molecular complexity index is 347. The molecule has 1 atom stereocenters. The highest BCUT2D eigenvalue weighted by Crippen LogP contribution is 2.29. The molecule has 0 radical (unpaired) electrons. The molecule has 0 aromatic carbocycles. The van der Waals surface area contributed by atoms with Gasteiger partial charge in [-0.3, -0.25) is 4.79 Å². The SMILES string of the molecule is NCC(SCC(=O)N1CCCC1)c1ccsc1. The van der Waals surface area contributed by atoms with Gasteiger partial charge in [-0.25, -0.2) is 0 Å². The lowest BCUT2D eigenvalue weighted by Crippen LogP contribution is -2.29. The van der Waals surface area contributed by atoms with E-state index in [2.05, 4.69) is 16.8 Å². The quantitative estimate of drug-likeness (QED) is 0.891. The fourth-order valence-electron chi connectivity index (χ4n) is 1.99. The minimum atomic E-state index is 0.257. The third-order valence-corrected chi connectivity index (χ3v) is 4.98. The van der Waals surface area contributed by atoms with Crippen molar-refractivity contribution in [2.45, 2.75) is 18.1 Å². The lowest BCUT2D eigenvalue weighted by Gasteiger charge is -2.17. The Morgan fingerprint density at radius 3 is 2.88 bits per heavy atom. The summed E-state index contributed by atoms with van der Waals surface area (Å²) in [6, 6.07) is 2.09. The van der Waals surface area contributed by atoms with Crippen molar-refractivity contribution >= 4 is 29.0 Å². The van der Waals surface area contributed by atoms with E-state index in [4.69, 9.17) is 5.73 Å². The van der Waals surface area contributed by atoms with Crippen LogP contribution in [0.15, 0.2) is 16.8 Å². The maximum Gasteiger partial charge on any atom is 0.232 e. The van der Waals surface area contributed by atoms with Crippen molar-refractivity contribution in [1.82, 2.24) is 4.90 Å². The molecular weight excluding hydrogens is 252 g/mol. The number of thiophene rings is 1. The highest BCUT2D eigenvalue weighted by molar-refractivity contribution is 8.00. The van der Waals surface area contributed by atoms with Crippen LogP contribution in [-0.4, -0.2) is 36.2 Å². The predicted octanol–water partition coefficient (Wildman–Crippen LogP) is 2.10. The van der Waals surface area contributed by atoms with Crippen LogP contribution >= 0.6 is 23.1 Å². The molecule has 5 heteroatoms. The monoisotopic (exact) mass is 270 g/mol. The van der Waals surface area contributed by atoms with E-state index in [1.54, 1.807) is 23.1 Å². The third-order valence-electron chi connectivity index (χ3n) is 3.00. The molecule has 17 heavy (non-hydrogen) atoms. The number of hydrogen-bond donors (Lipinski definition) is 1. The molecule has 94 valence electrons. The van der Waals surface area contributed by atoms with E-state index in [0.29, 0.717) is 12.3 Å². The first-order chi connectivity index (χ1) is 8.31. The molecule has 1 aromatic rings. The van der Waals surface area contributed by atoms with Crippen molar-refractivity contribution in [3.05, 3.63) is 22.4 Å². The number of amides is 1. The number of nitrogens with zero attached hydrogens (tertiary/aromatic N) is 1. The van der Waals surface area contributed by atoms with Crippen LogP contribution in [0.2, 0.25) is 0 Å². The van der Waals surface area contributed by atoms with Crippen molar-refractivity contribution in [2.24, 2.45) is 5.73 Å². The maximum atomic E-state index is 11.9. The summed E-state index contributed by atoms with van der Waals surface area (Å²) in [5.74, 6) is 0.818. The molecule has 0 saturated carbocycles. The van der Waals surface area contributed by atoms with Gasteiger partial charge in [-0.2, -0.15) is 11.3 Å². The zero-order valence-electron chi connectivity index (χ0n) is 9.80. The summed E-state index contributed by atoms with van der Waals surface area (Å²) in [5.41, 5.74) is 7.01. The summed E-state index contributed by atoms with van der Waals surface area (Å²) in [5, 5.41) is 4.43. The lowest BCUT2D eigenvalue weighted by molar-refractivity contribution is -0.127. The number of nitrogens with two attached hydrogens (primary N) is 1. The molecule has 1 unspecified atom stereocenters. The zero-order valence-corrected chi connectivity index (χ0v) is 11.4. The molecule has 1 aliphatic rings. The molecule has 0 aliphatic carbocycles. The summed E-state index contributed by atoms with van der Waals surface area (Å²) in [4.78, 5) is 13.9. The van der Waals surface area contributed by atoms with Gasteiger partial charge < -0.3 is 10.6 Å². The van der Waals surface area contributed by atoms with E-state index in [-0.39, 0.29) is 11.2 Å². The fourth-order valence-corrected chi connectivity index (χ4v) is 3.79. The van der Waals surface area contributed by atoms with Gasteiger partial charge >= 0.3 is 0 Å². The first-order valence-electron chi connectivity index (χ1n) is 5.93. The Morgan fingerprint density at radius 1 is 1.53 bits per heavy atom. The highest BCUT2D eigenvalue weighted by Gasteiger charge is 2.19. The smallest absolute Gasteiger partial charge is 0.232 e. The summed E-state index contributed by atoms with van der Waals surface area (Å²) in [7, 11) is 0. The van der Waals surface area contributed by atoms with E-state index in [1.807, 2.05) is 4.90 Å². The van der Waals surface area contributed by atoms with Crippen molar-refractivity contribution in [2.75, 3.05) is 25.4 Å². The topological polar surface area (TPSA) is 46.3 Å². The van der Waals surface area contributed by atoms with E-state index < -0.39 is 0 Å². The van der Waals surface area contributed by atoms with Gasteiger partial charge in [-0.15, -0.1) is 11.8 Å². The molecule has 3 nitrogen and oxygen atoms in total. The van der Waals surface area contributed by atoms with Crippen molar-refractivity contribution in [3.8, 4) is 0 Å². The van der Waals surface area contributed by atoms with Gasteiger partial charge in [0.2, 0.25) is 5.91 Å². The Morgan fingerprint density at radius 2 is 2.29 bits per heavy atom. The molecule has 0 bridgehead atoms. The van der Waals surface area contributed by atoms with E-state index in [0.717, 1.165) is 25.9 Å².